The number of rotatable bonds is 2. The third-order valence-electron chi connectivity index (χ3n) is 3.02. The molecule has 2 rings (SSSR count). The molecular weight excluding hydrogens is 150 g/mol. The zero-order chi connectivity index (χ0) is 8.55. The second-order valence-corrected chi connectivity index (χ2v) is 4.54. The van der Waals surface area contributed by atoms with Crippen LogP contribution in [0, 0.1) is 11.8 Å². The molecule has 0 saturated carbocycles. The highest BCUT2D eigenvalue weighted by atomic mass is 16.5. The number of nitrogens with zero attached hydrogens (tertiary/aromatic N) is 1. The Morgan fingerprint density at radius 2 is 2.25 bits per heavy atom. The second kappa shape index (κ2) is 3.35. The first-order valence-electron chi connectivity index (χ1n) is 5.09. The molecule has 0 radical (unpaired) electrons. The zero-order valence-electron chi connectivity index (χ0n) is 8.12. The summed E-state index contributed by atoms with van der Waals surface area (Å²) in [5, 5.41) is 0. The summed E-state index contributed by atoms with van der Waals surface area (Å²) in [5.74, 6) is 1.65. The molecule has 2 saturated heterocycles. The lowest BCUT2D eigenvalue weighted by molar-refractivity contribution is 0.140. The SMILES string of the molecule is CC(C)CN1CCC2COCC21. The predicted molar refractivity (Wildman–Crippen MR) is 49.1 cm³/mol. The summed E-state index contributed by atoms with van der Waals surface area (Å²) >= 11 is 0. The number of hydrogen-bond acceptors (Lipinski definition) is 2. The fourth-order valence-electron chi connectivity index (χ4n) is 2.46. The van der Waals surface area contributed by atoms with Crippen LogP contribution in [0.15, 0.2) is 0 Å². The fourth-order valence-corrected chi connectivity index (χ4v) is 2.46. The van der Waals surface area contributed by atoms with Gasteiger partial charge in [-0.1, -0.05) is 13.8 Å². The normalized spacial score (nSPS) is 36.2. The Morgan fingerprint density at radius 3 is 3.00 bits per heavy atom. The molecule has 0 spiro atoms. The monoisotopic (exact) mass is 169 g/mol. The maximum atomic E-state index is 5.48. The van der Waals surface area contributed by atoms with Gasteiger partial charge in [0.05, 0.1) is 13.2 Å². The topological polar surface area (TPSA) is 12.5 Å². The molecule has 0 amide bonds. The summed E-state index contributed by atoms with van der Waals surface area (Å²) in [4.78, 5) is 2.61. The Bertz CT molecular complexity index is 158. The minimum atomic E-state index is 0.757. The van der Waals surface area contributed by atoms with E-state index in [9.17, 15) is 0 Å². The molecule has 2 heteroatoms. The molecule has 2 atom stereocenters. The molecule has 2 aliphatic rings. The predicted octanol–water partition coefficient (Wildman–Crippen LogP) is 1.36. The van der Waals surface area contributed by atoms with Crippen LogP contribution < -0.4 is 0 Å². The standard InChI is InChI=1S/C10H19NO/c1-8(2)5-11-4-3-9-6-12-7-10(9)11/h8-10H,3-7H2,1-2H3. The molecule has 0 aromatic carbocycles. The van der Waals surface area contributed by atoms with Crippen molar-refractivity contribution in [1.29, 1.82) is 0 Å². The third-order valence-corrected chi connectivity index (χ3v) is 3.02. The fraction of sp³-hybridized carbons (Fsp3) is 1.00. The molecule has 2 aliphatic heterocycles. The smallest absolute Gasteiger partial charge is 0.0625 e. The summed E-state index contributed by atoms with van der Waals surface area (Å²) < 4.78 is 5.48. The highest BCUT2D eigenvalue weighted by Gasteiger charge is 2.38. The van der Waals surface area contributed by atoms with Gasteiger partial charge >= 0.3 is 0 Å². The Hall–Kier alpha value is -0.0800. The van der Waals surface area contributed by atoms with Crippen LogP contribution in [0.25, 0.3) is 0 Å². The van der Waals surface area contributed by atoms with Crippen molar-refractivity contribution in [3.8, 4) is 0 Å². The number of ether oxygens (including phenoxy) is 1. The van der Waals surface area contributed by atoms with Crippen LogP contribution >= 0.6 is 0 Å². The van der Waals surface area contributed by atoms with Gasteiger partial charge in [-0.15, -0.1) is 0 Å². The first kappa shape index (κ1) is 8.52. The van der Waals surface area contributed by atoms with Crippen LogP contribution in [-0.2, 0) is 4.74 Å². The van der Waals surface area contributed by atoms with Crippen LogP contribution in [0.3, 0.4) is 0 Å². The van der Waals surface area contributed by atoms with Crippen molar-refractivity contribution in [2.24, 2.45) is 11.8 Å². The van der Waals surface area contributed by atoms with Crippen molar-refractivity contribution < 1.29 is 4.74 Å². The number of hydrogen-bond donors (Lipinski definition) is 0. The van der Waals surface area contributed by atoms with E-state index in [0.29, 0.717) is 0 Å². The van der Waals surface area contributed by atoms with Gasteiger partial charge in [0.15, 0.2) is 0 Å². The van der Waals surface area contributed by atoms with E-state index in [1.165, 1.54) is 19.5 Å². The number of likely N-dealkylation sites (tertiary alicyclic amines) is 1. The number of fused-ring (bicyclic) bond motifs is 1. The molecule has 70 valence electrons. The van der Waals surface area contributed by atoms with E-state index in [1.807, 2.05) is 0 Å². The maximum absolute atomic E-state index is 5.48. The first-order valence-corrected chi connectivity index (χ1v) is 5.09. The zero-order valence-corrected chi connectivity index (χ0v) is 8.12. The van der Waals surface area contributed by atoms with E-state index in [-0.39, 0.29) is 0 Å². The van der Waals surface area contributed by atoms with Gasteiger partial charge in [0.1, 0.15) is 0 Å². The molecule has 0 bridgehead atoms. The lowest BCUT2D eigenvalue weighted by atomic mass is 10.0. The molecule has 2 unspecified atom stereocenters. The van der Waals surface area contributed by atoms with Crippen LogP contribution in [0.2, 0.25) is 0 Å². The van der Waals surface area contributed by atoms with Crippen molar-refractivity contribution in [3.63, 3.8) is 0 Å². The first-order chi connectivity index (χ1) is 5.77. The van der Waals surface area contributed by atoms with Crippen LogP contribution in [-0.4, -0.2) is 37.2 Å². The summed E-state index contributed by atoms with van der Waals surface area (Å²) in [6, 6.07) is 0.757. The molecular formula is C10H19NO. The van der Waals surface area contributed by atoms with Crippen molar-refractivity contribution in [1.82, 2.24) is 4.90 Å². The van der Waals surface area contributed by atoms with E-state index < -0.39 is 0 Å². The van der Waals surface area contributed by atoms with Gasteiger partial charge in [0.2, 0.25) is 0 Å². The quantitative estimate of drug-likeness (QED) is 0.619. The highest BCUT2D eigenvalue weighted by Crippen LogP contribution is 2.29. The van der Waals surface area contributed by atoms with E-state index in [4.69, 9.17) is 4.74 Å². The van der Waals surface area contributed by atoms with Crippen molar-refractivity contribution in [2.75, 3.05) is 26.3 Å². The Morgan fingerprint density at radius 1 is 1.42 bits per heavy atom. The van der Waals surface area contributed by atoms with E-state index in [0.717, 1.165) is 31.1 Å². The second-order valence-electron chi connectivity index (χ2n) is 4.54. The third kappa shape index (κ3) is 1.50. The van der Waals surface area contributed by atoms with E-state index in [2.05, 4.69) is 18.7 Å². The Labute approximate surface area is 74.9 Å². The van der Waals surface area contributed by atoms with E-state index >= 15 is 0 Å². The summed E-state index contributed by atoms with van der Waals surface area (Å²) in [5.41, 5.74) is 0. The molecule has 0 aliphatic carbocycles. The molecule has 0 aromatic heterocycles. The van der Waals surface area contributed by atoms with Gasteiger partial charge in [0.25, 0.3) is 0 Å². The Kier molecular flexibility index (Phi) is 2.37. The minimum absolute atomic E-state index is 0.757. The summed E-state index contributed by atoms with van der Waals surface area (Å²) in [6.07, 6.45) is 1.36. The van der Waals surface area contributed by atoms with Crippen molar-refractivity contribution in [2.45, 2.75) is 26.3 Å². The Balaban J connectivity index is 1.91. The van der Waals surface area contributed by atoms with Gasteiger partial charge in [-0.05, 0) is 18.9 Å². The molecule has 2 nitrogen and oxygen atoms in total. The molecule has 0 aromatic rings. The summed E-state index contributed by atoms with van der Waals surface area (Å²) in [7, 11) is 0. The van der Waals surface area contributed by atoms with Gasteiger partial charge in [0, 0.05) is 18.5 Å². The summed E-state index contributed by atoms with van der Waals surface area (Å²) in [6.45, 7) is 9.14. The molecule has 0 N–H and O–H groups in total. The van der Waals surface area contributed by atoms with Crippen molar-refractivity contribution >= 4 is 0 Å². The van der Waals surface area contributed by atoms with Crippen LogP contribution in [0.4, 0.5) is 0 Å². The van der Waals surface area contributed by atoms with Gasteiger partial charge in [-0.2, -0.15) is 0 Å². The van der Waals surface area contributed by atoms with Crippen LogP contribution in [0.5, 0.6) is 0 Å². The minimum Gasteiger partial charge on any atom is -0.379 e. The van der Waals surface area contributed by atoms with Gasteiger partial charge < -0.3 is 4.74 Å². The highest BCUT2D eigenvalue weighted by molar-refractivity contribution is 4.90. The lowest BCUT2D eigenvalue weighted by Gasteiger charge is -2.24. The lowest BCUT2D eigenvalue weighted by Crippen LogP contribution is -2.35. The van der Waals surface area contributed by atoms with Gasteiger partial charge in [-0.3, -0.25) is 4.90 Å². The molecule has 2 heterocycles. The van der Waals surface area contributed by atoms with Gasteiger partial charge in [-0.25, -0.2) is 0 Å². The average molecular weight is 169 g/mol. The van der Waals surface area contributed by atoms with E-state index in [1.54, 1.807) is 0 Å². The maximum Gasteiger partial charge on any atom is 0.0625 e. The van der Waals surface area contributed by atoms with Crippen molar-refractivity contribution in [3.05, 3.63) is 0 Å². The molecule has 12 heavy (non-hydrogen) atoms. The average Bonchev–Trinajstić information content (AvgIpc) is 2.52. The largest absolute Gasteiger partial charge is 0.379 e. The van der Waals surface area contributed by atoms with Crippen LogP contribution in [0.1, 0.15) is 20.3 Å². The molecule has 2 fully saturated rings.